The van der Waals surface area contributed by atoms with Crippen molar-refractivity contribution in [3.63, 3.8) is 0 Å². The summed E-state index contributed by atoms with van der Waals surface area (Å²) in [7, 11) is 0. The largest absolute Gasteiger partial charge is 0.310 e. The van der Waals surface area contributed by atoms with Gasteiger partial charge in [-0.2, -0.15) is 0 Å². The Bertz CT molecular complexity index is 2520. The van der Waals surface area contributed by atoms with Crippen molar-refractivity contribution < 1.29 is 0 Å². The zero-order valence-corrected chi connectivity index (χ0v) is 27.5. The van der Waals surface area contributed by atoms with Gasteiger partial charge in [-0.25, -0.2) is 0 Å². The van der Waals surface area contributed by atoms with Crippen molar-refractivity contribution in [1.29, 1.82) is 0 Å². The lowest BCUT2D eigenvalue weighted by Crippen LogP contribution is -2.25. The van der Waals surface area contributed by atoms with E-state index in [1.807, 2.05) is 0 Å². The third-order valence-corrected chi connectivity index (χ3v) is 9.90. The Morgan fingerprint density at radius 1 is 0.420 bits per heavy atom. The van der Waals surface area contributed by atoms with Crippen LogP contribution in [-0.2, 0) is 5.41 Å². The van der Waals surface area contributed by atoms with Crippen molar-refractivity contribution >= 4 is 27.8 Å². The monoisotopic (exact) mass is 635 g/mol. The van der Waals surface area contributed by atoms with Gasteiger partial charge in [0.2, 0.25) is 0 Å². The molecule has 234 valence electrons. The molecular formula is C49H33N. The number of nitrogens with zero attached hydrogens (tertiary/aromatic N) is 1. The van der Waals surface area contributed by atoms with Crippen molar-refractivity contribution in [2.45, 2.75) is 5.41 Å². The van der Waals surface area contributed by atoms with Crippen LogP contribution in [-0.4, -0.2) is 0 Å². The Morgan fingerprint density at radius 2 is 1.04 bits per heavy atom. The molecule has 0 aliphatic heterocycles. The van der Waals surface area contributed by atoms with E-state index in [-0.39, 0.29) is 0 Å². The Morgan fingerprint density at radius 3 is 1.84 bits per heavy atom. The van der Waals surface area contributed by atoms with Crippen LogP contribution in [0.1, 0.15) is 22.3 Å². The van der Waals surface area contributed by atoms with Crippen LogP contribution in [0.25, 0.3) is 33.0 Å². The van der Waals surface area contributed by atoms with E-state index < -0.39 is 5.41 Å². The van der Waals surface area contributed by atoms with Crippen LogP contribution in [0.2, 0.25) is 0 Å². The van der Waals surface area contributed by atoms with E-state index in [0.29, 0.717) is 0 Å². The SMILES string of the molecule is C(#CC1(c2ccccc2)c2ccccc2-c2cc(N(c3ccccc3)c3cccc4ccccc34)ccc21)c1ccc(-c2ccccc2)cc1. The van der Waals surface area contributed by atoms with Crippen LogP contribution in [0.4, 0.5) is 17.1 Å². The predicted molar refractivity (Wildman–Crippen MR) is 209 cm³/mol. The third-order valence-electron chi connectivity index (χ3n) is 9.90. The van der Waals surface area contributed by atoms with Crippen molar-refractivity contribution in [3.05, 3.63) is 222 Å². The lowest BCUT2D eigenvalue weighted by molar-refractivity contribution is 0.837. The molecule has 1 heteroatoms. The number of para-hydroxylation sites is 1. The summed E-state index contributed by atoms with van der Waals surface area (Å²) in [6.45, 7) is 0. The van der Waals surface area contributed by atoms with Gasteiger partial charge in [0, 0.05) is 22.3 Å². The van der Waals surface area contributed by atoms with Crippen LogP contribution < -0.4 is 4.90 Å². The Labute approximate surface area is 293 Å². The average Bonchev–Trinajstić information content (AvgIpc) is 3.48. The molecule has 8 aromatic rings. The topological polar surface area (TPSA) is 3.24 Å². The van der Waals surface area contributed by atoms with E-state index in [0.717, 1.165) is 22.6 Å². The smallest absolute Gasteiger partial charge is 0.108 e. The van der Waals surface area contributed by atoms with Crippen molar-refractivity contribution in [3.8, 4) is 34.1 Å². The second-order valence-electron chi connectivity index (χ2n) is 12.8. The number of rotatable bonds is 5. The molecule has 0 spiro atoms. The molecule has 1 aliphatic rings. The molecule has 0 saturated heterocycles. The minimum absolute atomic E-state index is 0.638. The van der Waals surface area contributed by atoms with Gasteiger partial charge in [-0.05, 0) is 86.8 Å². The normalized spacial score (nSPS) is 14.3. The molecule has 0 saturated carbocycles. The number of fused-ring (bicyclic) bond motifs is 4. The van der Waals surface area contributed by atoms with E-state index >= 15 is 0 Å². The molecule has 0 radical (unpaired) electrons. The van der Waals surface area contributed by atoms with E-state index in [1.54, 1.807) is 0 Å². The molecule has 1 aliphatic carbocycles. The lowest BCUT2D eigenvalue weighted by atomic mass is 9.73. The molecule has 0 N–H and O–H groups in total. The number of anilines is 3. The summed E-state index contributed by atoms with van der Waals surface area (Å²) < 4.78 is 0. The van der Waals surface area contributed by atoms with Crippen molar-refractivity contribution in [1.82, 2.24) is 0 Å². The van der Waals surface area contributed by atoms with Gasteiger partial charge in [-0.3, -0.25) is 0 Å². The van der Waals surface area contributed by atoms with E-state index in [4.69, 9.17) is 0 Å². The molecule has 1 unspecified atom stereocenters. The maximum Gasteiger partial charge on any atom is 0.108 e. The second kappa shape index (κ2) is 12.4. The predicted octanol–water partition coefficient (Wildman–Crippen LogP) is 12.3. The van der Waals surface area contributed by atoms with Gasteiger partial charge in [-0.1, -0.05) is 170 Å². The summed E-state index contributed by atoms with van der Waals surface area (Å²) in [5.41, 5.74) is 12.1. The molecule has 0 bridgehead atoms. The first-order chi connectivity index (χ1) is 24.8. The molecule has 0 aromatic heterocycles. The van der Waals surface area contributed by atoms with Gasteiger partial charge in [0.05, 0.1) is 5.69 Å². The first-order valence-electron chi connectivity index (χ1n) is 17.1. The zero-order valence-electron chi connectivity index (χ0n) is 27.5. The molecular weight excluding hydrogens is 603 g/mol. The summed E-state index contributed by atoms with van der Waals surface area (Å²) in [6.07, 6.45) is 0. The first-order valence-corrected chi connectivity index (χ1v) is 17.1. The third kappa shape index (κ3) is 4.98. The fraction of sp³-hybridized carbons (Fsp3) is 0.0204. The first kappa shape index (κ1) is 29.5. The molecule has 0 fully saturated rings. The maximum absolute atomic E-state index is 3.87. The summed E-state index contributed by atoms with van der Waals surface area (Å²) in [5.74, 6) is 7.51. The van der Waals surface area contributed by atoms with E-state index in [1.165, 1.54) is 49.7 Å². The summed E-state index contributed by atoms with van der Waals surface area (Å²) >= 11 is 0. The highest BCUT2D eigenvalue weighted by atomic mass is 15.1. The number of benzene rings is 8. The maximum atomic E-state index is 3.87. The van der Waals surface area contributed by atoms with Crippen LogP contribution in [0.5, 0.6) is 0 Å². The van der Waals surface area contributed by atoms with Crippen LogP contribution in [0, 0.1) is 11.8 Å². The van der Waals surface area contributed by atoms with Crippen molar-refractivity contribution in [2.24, 2.45) is 0 Å². The lowest BCUT2D eigenvalue weighted by Gasteiger charge is -2.29. The quantitative estimate of drug-likeness (QED) is 0.170. The fourth-order valence-electron chi connectivity index (χ4n) is 7.57. The standard InChI is InChI=1S/C49H33N/c1-4-15-37(16-5-1)38-29-27-36(28-30-38)33-34-49(40-19-6-2-7-20-40)46-25-13-12-24-44(46)45-35-42(31-32-47(45)49)50(41-21-8-3-9-22-41)48-26-14-18-39-17-10-11-23-43(39)48/h1-32,35H. The summed E-state index contributed by atoms with van der Waals surface area (Å²) in [5, 5.41) is 2.43. The van der Waals surface area contributed by atoms with Crippen molar-refractivity contribution in [2.75, 3.05) is 4.90 Å². The van der Waals surface area contributed by atoms with Gasteiger partial charge in [0.1, 0.15) is 5.41 Å². The van der Waals surface area contributed by atoms with Gasteiger partial charge in [-0.15, -0.1) is 0 Å². The average molecular weight is 636 g/mol. The number of hydrogen-bond acceptors (Lipinski definition) is 1. The second-order valence-corrected chi connectivity index (χ2v) is 12.8. The summed E-state index contributed by atoms with van der Waals surface area (Å²) in [4.78, 5) is 2.38. The minimum Gasteiger partial charge on any atom is -0.310 e. The van der Waals surface area contributed by atoms with Crippen LogP contribution >= 0.6 is 0 Å². The van der Waals surface area contributed by atoms with Crippen LogP contribution in [0.15, 0.2) is 200 Å². The Balaban J connectivity index is 1.24. The number of hydrogen-bond donors (Lipinski definition) is 0. The highest BCUT2D eigenvalue weighted by molar-refractivity contribution is 6.00. The van der Waals surface area contributed by atoms with Crippen LogP contribution in [0.3, 0.4) is 0 Å². The highest BCUT2D eigenvalue weighted by Crippen LogP contribution is 2.54. The zero-order chi connectivity index (χ0) is 33.3. The van der Waals surface area contributed by atoms with E-state index in [2.05, 4.69) is 217 Å². The molecule has 1 atom stereocenters. The molecule has 1 nitrogen and oxygen atoms in total. The van der Waals surface area contributed by atoms with Gasteiger partial charge < -0.3 is 4.90 Å². The van der Waals surface area contributed by atoms with Gasteiger partial charge in [0.15, 0.2) is 0 Å². The fourth-order valence-corrected chi connectivity index (χ4v) is 7.57. The molecule has 9 rings (SSSR count). The Kier molecular flexibility index (Phi) is 7.34. The minimum atomic E-state index is -0.638. The highest BCUT2D eigenvalue weighted by Gasteiger charge is 2.44. The molecule has 0 amide bonds. The molecule has 50 heavy (non-hydrogen) atoms. The molecule has 0 heterocycles. The molecule has 8 aromatic carbocycles. The Hall–Kier alpha value is -6.62. The van der Waals surface area contributed by atoms with Gasteiger partial charge >= 0.3 is 0 Å². The summed E-state index contributed by atoms with van der Waals surface area (Å²) in [6, 6.07) is 71.5. The van der Waals surface area contributed by atoms with E-state index in [9.17, 15) is 0 Å². The van der Waals surface area contributed by atoms with Gasteiger partial charge in [0.25, 0.3) is 0 Å².